The zero-order valence-corrected chi connectivity index (χ0v) is 15.2. The summed E-state index contributed by atoms with van der Waals surface area (Å²) in [4.78, 5) is 0. The van der Waals surface area contributed by atoms with Crippen LogP contribution in [0.4, 0.5) is 0 Å². The van der Waals surface area contributed by atoms with E-state index >= 15 is 0 Å². The topological polar surface area (TPSA) is 9.23 Å². The van der Waals surface area contributed by atoms with E-state index in [9.17, 15) is 0 Å². The van der Waals surface area contributed by atoms with Crippen LogP contribution in [-0.2, 0) is 4.43 Å². The van der Waals surface area contributed by atoms with Crippen molar-refractivity contribution in [2.75, 3.05) is 0 Å². The number of unbranched alkanes of at least 4 members (excludes halogenated alkanes) is 2. The lowest BCUT2D eigenvalue weighted by atomic mass is 10.0. The van der Waals surface area contributed by atoms with Crippen LogP contribution in [0.15, 0.2) is 30.3 Å². The molecule has 0 fully saturated rings. The number of hydrogen-bond donors (Lipinski definition) is 0. The Balaban J connectivity index is 2.83. The van der Waals surface area contributed by atoms with E-state index in [1.165, 1.54) is 24.8 Å². The van der Waals surface area contributed by atoms with Crippen molar-refractivity contribution in [3.05, 3.63) is 35.9 Å². The number of hydrogen-bond acceptors (Lipinski definition) is 1. The third kappa shape index (κ3) is 5.06. The van der Waals surface area contributed by atoms with Gasteiger partial charge in [-0.3, -0.25) is 0 Å². The van der Waals surface area contributed by atoms with Crippen molar-refractivity contribution < 1.29 is 4.43 Å². The van der Waals surface area contributed by atoms with E-state index in [1.54, 1.807) is 0 Å². The third-order valence-corrected chi connectivity index (χ3v) is 8.97. The zero-order valence-electron chi connectivity index (χ0n) is 14.2. The molecule has 0 radical (unpaired) electrons. The Kier molecular flexibility index (Phi) is 6.47. The Morgan fingerprint density at radius 2 is 1.65 bits per heavy atom. The van der Waals surface area contributed by atoms with Crippen LogP contribution in [0.2, 0.25) is 18.1 Å². The maximum atomic E-state index is 6.67. The summed E-state index contributed by atoms with van der Waals surface area (Å²) in [6, 6.07) is 10.8. The van der Waals surface area contributed by atoms with Gasteiger partial charge in [-0.05, 0) is 30.1 Å². The summed E-state index contributed by atoms with van der Waals surface area (Å²) in [7, 11) is -1.71. The minimum absolute atomic E-state index is 0.267. The summed E-state index contributed by atoms with van der Waals surface area (Å²) in [5.74, 6) is 0. The molecule has 0 bridgehead atoms. The Morgan fingerprint density at radius 1 is 1.05 bits per heavy atom. The first-order chi connectivity index (χ1) is 9.28. The van der Waals surface area contributed by atoms with E-state index in [0.29, 0.717) is 0 Å². The molecule has 0 aromatic heterocycles. The van der Waals surface area contributed by atoms with Crippen LogP contribution in [0.25, 0.3) is 0 Å². The van der Waals surface area contributed by atoms with Gasteiger partial charge in [0, 0.05) is 0 Å². The molecule has 0 aliphatic rings. The van der Waals surface area contributed by atoms with Crippen LogP contribution in [0.3, 0.4) is 0 Å². The second-order valence-electron chi connectivity index (χ2n) is 7.27. The maximum Gasteiger partial charge on any atom is 0.192 e. The van der Waals surface area contributed by atoms with Gasteiger partial charge in [0.1, 0.15) is 0 Å². The van der Waals surface area contributed by atoms with Crippen molar-refractivity contribution >= 4 is 8.32 Å². The van der Waals surface area contributed by atoms with E-state index in [1.807, 2.05) is 0 Å². The molecule has 0 amide bonds. The number of benzene rings is 1. The molecule has 114 valence electrons. The Labute approximate surface area is 126 Å². The molecule has 1 aromatic rings. The maximum absolute atomic E-state index is 6.67. The molecule has 1 rings (SSSR count). The summed E-state index contributed by atoms with van der Waals surface area (Å²) < 4.78 is 6.67. The van der Waals surface area contributed by atoms with E-state index in [-0.39, 0.29) is 11.1 Å². The molecular weight excluding hydrogens is 260 g/mol. The van der Waals surface area contributed by atoms with E-state index in [4.69, 9.17) is 4.43 Å². The monoisotopic (exact) mass is 292 g/mol. The Bertz CT molecular complexity index is 378. The van der Waals surface area contributed by atoms with Crippen LogP contribution >= 0.6 is 0 Å². The average Bonchev–Trinajstić information content (AvgIpc) is 2.37. The normalized spacial score (nSPS) is 14.3. The molecule has 2 heteroatoms. The van der Waals surface area contributed by atoms with Crippen molar-refractivity contribution in [2.24, 2.45) is 0 Å². The summed E-state index contributed by atoms with van der Waals surface area (Å²) in [5, 5.41) is 0.269. The van der Waals surface area contributed by atoms with Crippen molar-refractivity contribution in [1.29, 1.82) is 0 Å². The summed E-state index contributed by atoms with van der Waals surface area (Å²) in [6.45, 7) is 13.9. The molecule has 0 heterocycles. The van der Waals surface area contributed by atoms with Crippen LogP contribution in [0.5, 0.6) is 0 Å². The lowest BCUT2D eigenvalue weighted by Gasteiger charge is -2.39. The van der Waals surface area contributed by atoms with Crippen molar-refractivity contribution in [3.8, 4) is 0 Å². The van der Waals surface area contributed by atoms with Gasteiger partial charge in [-0.2, -0.15) is 0 Å². The highest BCUT2D eigenvalue weighted by atomic mass is 28.4. The van der Waals surface area contributed by atoms with Gasteiger partial charge in [0.25, 0.3) is 0 Å². The van der Waals surface area contributed by atoms with Gasteiger partial charge in [0.2, 0.25) is 0 Å². The largest absolute Gasteiger partial charge is 0.410 e. The van der Waals surface area contributed by atoms with Crippen molar-refractivity contribution in [2.45, 2.75) is 77.6 Å². The van der Waals surface area contributed by atoms with E-state index < -0.39 is 8.32 Å². The predicted octanol–water partition coefficient (Wildman–Crippen LogP) is 6.33. The Hall–Kier alpha value is -0.603. The molecule has 20 heavy (non-hydrogen) atoms. The lowest BCUT2D eigenvalue weighted by molar-refractivity contribution is 0.170. The first-order valence-corrected chi connectivity index (χ1v) is 10.9. The zero-order chi connectivity index (χ0) is 15.2. The molecular formula is C18H32OSi. The van der Waals surface area contributed by atoms with Crippen LogP contribution in [0.1, 0.15) is 65.0 Å². The molecule has 1 nitrogen and oxygen atoms in total. The molecule has 1 atom stereocenters. The van der Waals surface area contributed by atoms with Crippen LogP contribution in [0, 0.1) is 0 Å². The molecule has 0 saturated heterocycles. The van der Waals surface area contributed by atoms with Gasteiger partial charge in [-0.25, -0.2) is 0 Å². The van der Waals surface area contributed by atoms with Crippen molar-refractivity contribution in [3.63, 3.8) is 0 Å². The first-order valence-electron chi connectivity index (χ1n) is 8.00. The molecule has 0 aliphatic carbocycles. The first kappa shape index (κ1) is 17.4. The highest BCUT2D eigenvalue weighted by Gasteiger charge is 2.39. The predicted molar refractivity (Wildman–Crippen MR) is 91.6 cm³/mol. The van der Waals surface area contributed by atoms with Gasteiger partial charge in [-0.15, -0.1) is 0 Å². The van der Waals surface area contributed by atoms with E-state index in [0.717, 1.165) is 6.42 Å². The molecule has 0 aliphatic heterocycles. The van der Waals surface area contributed by atoms with Crippen molar-refractivity contribution in [1.82, 2.24) is 0 Å². The quantitative estimate of drug-likeness (QED) is 0.421. The fourth-order valence-electron chi connectivity index (χ4n) is 2.07. The van der Waals surface area contributed by atoms with Gasteiger partial charge in [0.05, 0.1) is 6.10 Å². The van der Waals surface area contributed by atoms with Gasteiger partial charge < -0.3 is 4.43 Å². The average molecular weight is 293 g/mol. The van der Waals surface area contributed by atoms with Gasteiger partial charge in [0.15, 0.2) is 8.32 Å². The standard InChI is InChI=1S/C18H32OSi/c1-7-8-10-15-17(16-13-11-9-12-14-16)19-20(5,6)18(2,3)4/h9,11-14,17H,7-8,10,15H2,1-6H3. The smallest absolute Gasteiger partial charge is 0.192 e. The highest BCUT2D eigenvalue weighted by molar-refractivity contribution is 6.74. The SMILES string of the molecule is CCCCCC(O[Si](C)(C)C(C)(C)C)c1ccccc1. The molecule has 0 N–H and O–H groups in total. The summed E-state index contributed by atoms with van der Waals surface area (Å²) in [6.07, 6.45) is 5.23. The number of rotatable bonds is 7. The minimum atomic E-state index is -1.71. The lowest BCUT2D eigenvalue weighted by Crippen LogP contribution is -2.41. The second kappa shape index (κ2) is 7.42. The fourth-order valence-corrected chi connectivity index (χ4v) is 3.39. The second-order valence-corrected chi connectivity index (χ2v) is 12.0. The van der Waals surface area contributed by atoms with Gasteiger partial charge >= 0.3 is 0 Å². The minimum Gasteiger partial charge on any atom is -0.410 e. The van der Waals surface area contributed by atoms with Crippen LogP contribution in [-0.4, -0.2) is 8.32 Å². The molecule has 1 aromatic carbocycles. The molecule has 0 saturated carbocycles. The third-order valence-electron chi connectivity index (χ3n) is 4.48. The summed E-state index contributed by atoms with van der Waals surface area (Å²) in [5.41, 5.74) is 1.34. The molecule has 0 spiro atoms. The fraction of sp³-hybridized carbons (Fsp3) is 0.667. The van der Waals surface area contributed by atoms with Gasteiger partial charge in [-0.1, -0.05) is 77.3 Å². The highest BCUT2D eigenvalue weighted by Crippen LogP contribution is 2.40. The summed E-state index contributed by atoms with van der Waals surface area (Å²) >= 11 is 0. The van der Waals surface area contributed by atoms with E-state index in [2.05, 4.69) is 71.1 Å². The Morgan fingerprint density at radius 3 is 2.15 bits per heavy atom. The molecule has 1 unspecified atom stereocenters. The van der Waals surface area contributed by atoms with Crippen LogP contribution < -0.4 is 0 Å².